The minimum absolute atomic E-state index is 0.164. The van der Waals surface area contributed by atoms with Crippen LogP contribution in [0.4, 0.5) is 24.5 Å². The number of nitrogens with one attached hydrogen (secondary N) is 1. The first-order chi connectivity index (χ1) is 9.26. The number of nitrogens with two attached hydrogens (primary N) is 1. The third kappa shape index (κ3) is 6.98. The summed E-state index contributed by atoms with van der Waals surface area (Å²) in [5.41, 5.74) is 6.69. The highest BCUT2D eigenvalue weighted by Gasteiger charge is 2.28. The minimum atomic E-state index is -4.21. The molecule has 1 aromatic rings. The Morgan fingerprint density at radius 3 is 2.70 bits per heavy atom. The first-order valence-corrected chi connectivity index (χ1v) is 6.17. The Morgan fingerprint density at radius 1 is 1.40 bits per heavy atom. The van der Waals surface area contributed by atoms with Gasteiger partial charge in [0.05, 0.1) is 6.54 Å². The molecule has 0 atom stereocenters. The van der Waals surface area contributed by atoms with Crippen LogP contribution in [0.25, 0.3) is 0 Å². The number of carbonyl (C=O) groups excluding carboxylic acids is 1. The van der Waals surface area contributed by atoms with Gasteiger partial charge in [-0.2, -0.15) is 13.2 Å². The Morgan fingerprint density at radius 2 is 2.10 bits per heavy atom. The molecule has 1 amide bonds. The largest absolute Gasteiger partial charge is 0.401 e. The number of amides is 1. The van der Waals surface area contributed by atoms with Gasteiger partial charge in [0, 0.05) is 17.8 Å². The summed E-state index contributed by atoms with van der Waals surface area (Å²) in [5, 5.41) is 2.65. The van der Waals surface area contributed by atoms with Gasteiger partial charge < -0.3 is 11.1 Å². The zero-order valence-corrected chi connectivity index (χ0v) is 11.2. The molecular formula is C13H18F3N3O. The zero-order chi connectivity index (χ0) is 15.2. The second-order valence-corrected chi connectivity index (χ2v) is 4.63. The molecule has 112 valence electrons. The van der Waals surface area contributed by atoms with Crippen molar-refractivity contribution in [1.82, 2.24) is 4.90 Å². The van der Waals surface area contributed by atoms with Gasteiger partial charge in [-0.25, -0.2) is 0 Å². The lowest BCUT2D eigenvalue weighted by atomic mass is 10.2. The van der Waals surface area contributed by atoms with Crippen molar-refractivity contribution in [1.29, 1.82) is 0 Å². The number of alkyl halides is 3. The smallest absolute Gasteiger partial charge is 0.399 e. The van der Waals surface area contributed by atoms with E-state index in [1.807, 2.05) is 0 Å². The van der Waals surface area contributed by atoms with Gasteiger partial charge in [-0.3, -0.25) is 9.69 Å². The van der Waals surface area contributed by atoms with E-state index in [0.717, 1.165) is 4.90 Å². The molecule has 0 heterocycles. The predicted octanol–water partition coefficient (Wildman–Crippen LogP) is 2.48. The van der Waals surface area contributed by atoms with Crippen LogP contribution in [0.2, 0.25) is 0 Å². The van der Waals surface area contributed by atoms with Crippen molar-refractivity contribution in [3.8, 4) is 0 Å². The van der Waals surface area contributed by atoms with Crippen LogP contribution in [0.3, 0.4) is 0 Å². The Kier molecular flexibility index (Phi) is 5.82. The van der Waals surface area contributed by atoms with E-state index in [4.69, 9.17) is 5.73 Å². The predicted molar refractivity (Wildman–Crippen MR) is 72.3 cm³/mol. The maximum absolute atomic E-state index is 12.1. The van der Waals surface area contributed by atoms with Crippen molar-refractivity contribution in [2.45, 2.75) is 19.0 Å². The van der Waals surface area contributed by atoms with Gasteiger partial charge >= 0.3 is 6.18 Å². The number of benzene rings is 1. The van der Waals surface area contributed by atoms with Crippen LogP contribution in [0.5, 0.6) is 0 Å². The van der Waals surface area contributed by atoms with Crippen molar-refractivity contribution in [2.24, 2.45) is 0 Å². The molecule has 0 aliphatic rings. The quantitative estimate of drug-likeness (QED) is 0.791. The Balaban J connectivity index is 2.27. The average molecular weight is 289 g/mol. The first kappa shape index (κ1) is 16.3. The molecule has 20 heavy (non-hydrogen) atoms. The maximum atomic E-state index is 12.1. The van der Waals surface area contributed by atoms with E-state index in [2.05, 4.69) is 5.32 Å². The Labute approximate surface area is 115 Å². The van der Waals surface area contributed by atoms with E-state index in [1.54, 1.807) is 24.3 Å². The van der Waals surface area contributed by atoms with Crippen LogP contribution >= 0.6 is 0 Å². The molecule has 0 saturated carbocycles. The number of rotatable bonds is 6. The molecule has 0 fully saturated rings. The van der Waals surface area contributed by atoms with Gasteiger partial charge in [-0.15, -0.1) is 0 Å². The molecule has 1 rings (SSSR count). The molecule has 1 aromatic carbocycles. The molecule has 3 N–H and O–H groups in total. The van der Waals surface area contributed by atoms with E-state index in [9.17, 15) is 18.0 Å². The highest BCUT2D eigenvalue weighted by atomic mass is 19.4. The molecule has 0 saturated heterocycles. The van der Waals surface area contributed by atoms with Gasteiger partial charge in [0.2, 0.25) is 5.91 Å². The van der Waals surface area contributed by atoms with Crippen LogP contribution in [-0.2, 0) is 4.79 Å². The van der Waals surface area contributed by atoms with Crippen LogP contribution in [-0.4, -0.2) is 37.1 Å². The zero-order valence-electron chi connectivity index (χ0n) is 11.2. The van der Waals surface area contributed by atoms with Gasteiger partial charge in [0.15, 0.2) is 0 Å². The third-order valence-electron chi connectivity index (χ3n) is 2.56. The second-order valence-electron chi connectivity index (χ2n) is 4.63. The summed E-state index contributed by atoms with van der Waals surface area (Å²) in [7, 11) is 1.38. The number of anilines is 2. The van der Waals surface area contributed by atoms with Crippen molar-refractivity contribution in [2.75, 3.05) is 31.2 Å². The van der Waals surface area contributed by atoms with E-state index in [-0.39, 0.29) is 18.9 Å². The minimum Gasteiger partial charge on any atom is -0.399 e. The Bertz CT molecular complexity index is 449. The van der Waals surface area contributed by atoms with Crippen molar-refractivity contribution in [3.05, 3.63) is 24.3 Å². The Hall–Kier alpha value is -1.76. The third-order valence-corrected chi connectivity index (χ3v) is 2.56. The van der Waals surface area contributed by atoms with Crippen molar-refractivity contribution in [3.63, 3.8) is 0 Å². The summed E-state index contributed by atoms with van der Waals surface area (Å²) in [6, 6.07) is 6.72. The second kappa shape index (κ2) is 7.14. The average Bonchev–Trinajstić information content (AvgIpc) is 2.26. The molecule has 0 bridgehead atoms. The van der Waals surface area contributed by atoms with E-state index < -0.39 is 12.7 Å². The van der Waals surface area contributed by atoms with Gasteiger partial charge in [-0.1, -0.05) is 6.07 Å². The number of carbonyl (C=O) groups is 1. The van der Waals surface area contributed by atoms with Crippen LogP contribution in [0.15, 0.2) is 24.3 Å². The monoisotopic (exact) mass is 289 g/mol. The fourth-order valence-corrected chi connectivity index (χ4v) is 1.73. The molecule has 4 nitrogen and oxygen atoms in total. The first-order valence-electron chi connectivity index (χ1n) is 6.17. The fourth-order valence-electron chi connectivity index (χ4n) is 1.73. The molecule has 7 heteroatoms. The van der Waals surface area contributed by atoms with E-state index in [0.29, 0.717) is 17.8 Å². The number of nitrogens with zero attached hydrogens (tertiary/aromatic N) is 1. The van der Waals surface area contributed by atoms with Crippen LogP contribution < -0.4 is 11.1 Å². The summed E-state index contributed by atoms with van der Waals surface area (Å²) < 4.78 is 36.3. The number of hydrogen-bond donors (Lipinski definition) is 2. The lowest BCUT2D eigenvalue weighted by Crippen LogP contribution is -2.32. The van der Waals surface area contributed by atoms with E-state index >= 15 is 0 Å². The van der Waals surface area contributed by atoms with Gasteiger partial charge in [-0.05, 0) is 38.2 Å². The summed E-state index contributed by atoms with van der Waals surface area (Å²) >= 11 is 0. The lowest BCUT2D eigenvalue weighted by molar-refractivity contribution is -0.143. The lowest BCUT2D eigenvalue weighted by Gasteiger charge is -2.18. The number of halogens is 3. The molecule has 0 unspecified atom stereocenters. The molecule has 0 aliphatic carbocycles. The van der Waals surface area contributed by atoms with Gasteiger partial charge in [0.1, 0.15) is 0 Å². The molecule has 0 spiro atoms. The van der Waals surface area contributed by atoms with E-state index in [1.165, 1.54) is 7.05 Å². The SMILES string of the molecule is CN(CCCC(=O)Nc1cccc(N)c1)CC(F)(F)F. The normalized spacial score (nSPS) is 11.7. The summed E-state index contributed by atoms with van der Waals surface area (Å²) in [6.07, 6.45) is -3.68. The van der Waals surface area contributed by atoms with Crippen molar-refractivity contribution < 1.29 is 18.0 Å². The standard InChI is InChI=1S/C13H18F3N3O/c1-19(9-13(14,15)16)7-3-6-12(20)18-11-5-2-4-10(17)8-11/h2,4-5,8H,3,6-7,9,17H2,1H3,(H,18,20). The van der Waals surface area contributed by atoms with Crippen LogP contribution in [0, 0.1) is 0 Å². The number of nitrogen functional groups attached to an aromatic ring is 1. The highest BCUT2D eigenvalue weighted by Crippen LogP contribution is 2.16. The molecule has 0 aliphatic heterocycles. The summed E-state index contributed by atoms with van der Waals surface area (Å²) in [5.74, 6) is -0.240. The summed E-state index contributed by atoms with van der Waals surface area (Å²) in [6.45, 7) is -0.756. The fraction of sp³-hybridized carbons (Fsp3) is 0.462. The van der Waals surface area contributed by atoms with Gasteiger partial charge in [0.25, 0.3) is 0 Å². The topological polar surface area (TPSA) is 58.4 Å². The highest BCUT2D eigenvalue weighted by molar-refractivity contribution is 5.91. The molecule has 0 radical (unpaired) electrons. The molecule has 0 aromatic heterocycles. The van der Waals surface area contributed by atoms with Crippen LogP contribution in [0.1, 0.15) is 12.8 Å². The summed E-state index contributed by atoms with van der Waals surface area (Å²) in [4.78, 5) is 12.7. The molecular weight excluding hydrogens is 271 g/mol. The maximum Gasteiger partial charge on any atom is 0.401 e. The van der Waals surface area contributed by atoms with Crippen molar-refractivity contribution >= 4 is 17.3 Å². The number of hydrogen-bond acceptors (Lipinski definition) is 3.